The molecule has 1 fully saturated rings. The summed E-state index contributed by atoms with van der Waals surface area (Å²) in [7, 11) is 0. The smallest absolute Gasteiger partial charge is 0.314 e. The van der Waals surface area contributed by atoms with E-state index in [4.69, 9.17) is 5.73 Å². The van der Waals surface area contributed by atoms with E-state index in [1.807, 2.05) is 12.1 Å². The Bertz CT molecular complexity index is 412. The maximum absolute atomic E-state index is 11.4. The lowest BCUT2D eigenvalue weighted by Crippen LogP contribution is -2.52. The summed E-state index contributed by atoms with van der Waals surface area (Å²) in [5, 5.41) is 9.41. The van der Waals surface area contributed by atoms with Gasteiger partial charge in [0.2, 0.25) is 0 Å². The molecule has 1 aliphatic carbocycles. The molecule has 0 unspecified atom stereocenters. The molecule has 0 radical (unpaired) electrons. The molecule has 2 rings (SSSR count). The quantitative estimate of drug-likeness (QED) is 0.751. The maximum atomic E-state index is 11.4. The second-order valence-corrected chi connectivity index (χ2v) is 5.53. The molecule has 16 heavy (non-hydrogen) atoms. The monoisotopic (exact) mass is 219 g/mol. The number of carboxylic acid groups (broad SMARTS) is 1. The molecule has 3 nitrogen and oxygen atoms in total. The Kier molecular flexibility index (Phi) is 2.22. The number of nitrogens with two attached hydrogens (primary N) is 1. The number of nitrogen functional groups attached to an aromatic ring is 1. The second-order valence-electron chi connectivity index (χ2n) is 5.53. The Labute approximate surface area is 95.3 Å². The molecule has 0 atom stereocenters. The topological polar surface area (TPSA) is 63.3 Å². The summed E-state index contributed by atoms with van der Waals surface area (Å²) in [5.74, 6) is -0.725. The Morgan fingerprint density at radius 3 is 2.12 bits per heavy atom. The average molecular weight is 219 g/mol. The van der Waals surface area contributed by atoms with Gasteiger partial charge in [-0.05, 0) is 36.0 Å². The number of carboxylic acids is 1. The summed E-state index contributed by atoms with van der Waals surface area (Å²) < 4.78 is 0. The van der Waals surface area contributed by atoms with E-state index >= 15 is 0 Å². The van der Waals surface area contributed by atoms with Gasteiger partial charge in [-0.2, -0.15) is 0 Å². The third kappa shape index (κ3) is 1.56. The number of hydrogen-bond donors (Lipinski definition) is 2. The third-order valence-electron chi connectivity index (χ3n) is 3.43. The largest absolute Gasteiger partial charge is 0.481 e. The molecule has 1 saturated carbocycles. The van der Waals surface area contributed by atoms with Gasteiger partial charge in [-0.25, -0.2) is 0 Å². The predicted octanol–water partition coefficient (Wildman–Crippen LogP) is 2.41. The molecule has 86 valence electrons. The molecule has 1 aromatic rings. The summed E-state index contributed by atoms with van der Waals surface area (Å²) in [5.41, 5.74) is 6.58. The van der Waals surface area contributed by atoms with E-state index in [1.165, 1.54) is 0 Å². The zero-order valence-electron chi connectivity index (χ0n) is 9.66. The molecule has 0 bridgehead atoms. The molecular formula is C13H17NO2. The van der Waals surface area contributed by atoms with Gasteiger partial charge >= 0.3 is 5.97 Å². The molecule has 1 aromatic carbocycles. The van der Waals surface area contributed by atoms with Gasteiger partial charge in [0.1, 0.15) is 0 Å². The SMILES string of the molecule is CC1(C)CC(C(=O)O)(c2ccc(N)cc2)C1. The first-order valence-corrected chi connectivity index (χ1v) is 5.45. The Hall–Kier alpha value is -1.51. The van der Waals surface area contributed by atoms with Crippen molar-refractivity contribution in [1.29, 1.82) is 0 Å². The van der Waals surface area contributed by atoms with Gasteiger partial charge in [0.25, 0.3) is 0 Å². The van der Waals surface area contributed by atoms with E-state index < -0.39 is 11.4 Å². The van der Waals surface area contributed by atoms with Crippen molar-refractivity contribution in [3.63, 3.8) is 0 Å². The van der Waals surface area contributed by atoms with Crippen molar-refractivity contribution in [2.75, 3.05) is 5.73 Å². The fourth-order valence-electron chi connectivity index (χ4n) is 2.86. The first-order chi connectivity index (χ1) is 7.36. The van der Waals surface area contributed by atoms with Crippen LogP contribution < -0.4 is 5.73 Å². The highest BCUT2D eigenvalue weighted by molar-refractivity contribution is 5.83. The molecule has 0 saturated heterocycles. The van der Waals surface area contributed by atoms with Gasteiger partial charge in [-0.15, -0.1) is 0 Å². The van der Waals surface area contributed by atoms with E-state index in [9.17, 15) is 9.90 Å². The highest BCUT2D eigenvalue weighted by atomic mass is 16.4. The van der Waals surface area contributed by atoms with E-state index in [-0.39, 0.29) is 5.41 Å². The van der Waals surface area contributed by atoms with E-state index in [1.54, 1.807) is 12.1 Å². The minimum atomic E-state index is -0.725. The Morgan fingerprint density at radius 2 is 1.75 bits per heavy atom. The highest BCUT2D eigenvalue weighted by Crippen LogP contribution is 2.55. The minimum absolute atomic E-state index is 0.125. The van der Waals surface area contributed by atoms with Crippen molar-refractivity contribution >= 4 is 11.7 Å². The molecule has 0 amide bonds. The number of aliphatic carboxylic acids is 1. The van der Waals surface area contributed by atoms with Crippen LogP contribution >= 0.6 is 0 Å². The van der Waals surface area contributed by atoms with Crippen LogP contribution in [0.15, 0.2) is 24.3 Å². The Balaban J connectivity index is 2.36. The lowest BCUT2D eigenvalue weighted by molar-refractivity contribution is -0.153. The van der Waals surface area contributed by atoms with Crippen LogP contribution in [0.1, 0.15) is 32.3 Å². The molecule has 0 heterocycles. The summed E-state index contributed by atoms with van der Waals surface area (Å²) in [4.78, 5) is 11.4. The van der Waals surface area contributed by atoms with Crippen LogP contribution in [-0.2, 0) is 10.2 Å². The lowest BCUT2D eigenvalue weighted by atomic mass is 9.52. The van der Waals surface area contributed by atoms with Crippen LogP contribution in [0.3, 0.4) is 0 Å². The highest BCUT2D eigenvalue weighted by Gasteiger charge is 2.55. The van der Waals surface area contributed by atoms with Crippen molar-refractivity contribution < 1.29 is 9.90 Å². The van der Waals surface area contributed by atoms with E-state index in [0.29, 0.717) is 18.5 Å². The van der Waals surface area contributed by atoms with Gasteiger partial charge in [0.05, 0.1) is 5.41 Å². The zero-order chi connectivity index (χ0) is 12.0. The van der Waals surface area contributed by atoms with E-state index in [0.717, 1.165) is 5.56 Å². The second kappa shape index (κ2) is 3.24. The molecule has 0 aromatic heterocycles. The summed E-state index contributed by atoms with van der Waals surface area (Å²) >= 11 is 0. The molecule has 3 N–H and O–H groups in total. The molecular weight excluding hydrogens is 202 g/mol. The van der Waals surface area contributed by atoms with Crippen LogP contribution in [0, 0.1) is 5.41 Å². The number of carbonyl (C=O) groups is 1. The van der Waals surface area contributed by atoms with Crippen LogP contribution in [0.5, 0.6) is 0 Å². The van der Waals surface area contributed by atoms with Crippen molar-refractivity contribution in [3.05, 3.63) is 29.8 Å². The standard InChI is InChI=1S/C13H17NO2/c1-12(2)7-13(8-12,11(15)16)9-3-5-10(14)6-4-9/h3-6H,7-8,14H2,1-2H3,(H,15,16). The van der Waals surface area contributed by atoms with Gasteiger partial charge < -0.3 is 10.8 Å². The van der Waals surface area contributed by atoms with Gasteiger partial charge in [0, 0.05) is 5.69 Å². The summed E-state index contributed by atoms with van der Waals surface area (Å²) in [6.45, 7) is 4.21. The van der Waals surface area contributed by atoms with Gasteiger partial charge in [0.15, 0.2) is 0 Å². The summed E-state index contributed by atoms with van der Waals surface area (Å²) in [6, 6.07) is 7.20. The predicted molar refractivity (Wildman–Crippen MR) is 63.2 cm³/mol. The van der Waals surface area contributed by atoms with Crippen molar-refractivity contribution in [2.45, 2.75) is 32.1 Å². The van der Waals surface area contributed by atoms with Gasteiger partial charge in [-0.1, -0.05) is 26.0 Å². The van der Waals surface area contributed by atoms with Crippen LogP contribution in [0.2, 0.25) is 0 Å². The third-order valence-corrected chi connectivity index (χ3v) is 3.43. The first-order valence-electron chi connectivity index (χ1n) is 5.45. The number of anilines is 1. The molecule has 0 aliphatic heterocycles. The molecule has 3 heteroatoms. The first kappa shape index (κ1) is 11.0. The van der Waals surface area contributed by atoms with E-state index in [2.05, 4.69) is 13.8 Å². The minimum Gasteiger partial charge on any atom is -0.481 e. The zero-order valence-corrected chi connectivity index (χ0v) is 9.66. The fraction of sp³-hybridized carbons (Fsp3) is 0.462. The number of benzene rings is 1. The van der Waals surface area contributed by atoms with Crippen molar-refractivity contribution in [2.24, 2.45) is 5.41 Å². The van der Waals surface area contributed by atoms with Crippen LogP contribution in [-0.4, -0.2) is 11.1 Å². The van der Waals surface area contributed by atoms with Crippen LogP contribution in [0.4, 0.5) is 5.69 Å². The lowest BCUT2D eigenvalue weighted by Gasteiger charge is -2.50. The van der Waals surface area contributed by atoms with Crippen molar-refractivity contribution in [3.8, 4) is 0 Å². The summed E-state index contributed by atoms with van der Waals surface area (Å²) in [6.07, 6.45) is 1.39. The average Bonchev–Trinajstić information content (AvgIpc) is 2.14. The maximum Gasteiger partial charge on any atom is 0.314 e. The fourth-order valence-corrected chi connectivity index (χ4v) is 2.86. The molecule has 1 aliphatic rings. The van der Waals surface area contributed by atoms with Gasteiger partial charge in [-0.3, -0.25) is 4.79 Å². The number of hydrogen-bond acceptors (Lipinski definition) is 2. The number of rotatable bonds is 2. The Morgan fingerprint density at radius 1 is 1.25 bits per heavy atom. The molecule has 0 spiro atoms. The van der Waals surface area contributed by atoms with Crippen LogP contribution in [0.25, 0.3) is 0 Å². The normalized spacial score (nSPS) is 21.1. The van der Waals surface area contributed by atoms with Crippen molar-refractivity contribution in [1.82, 2.24) is 0 Å².